The van der Waals surface area contributed by atoms with Gasteiger partial charge in [0.05, 0.1) is 10.5 Å². The van der Waals surface area contributed by atoms with E-state index in [4.69, 9.17) is 4.74 Å². The molecule has 1 aliphatic rings. The van der Waals surface area contributed by atoms with E-state index in [1.54, 1.807) is 12.1 Å². The number of carbonyl (C=O) groups excluding carboxylic acids is 2. The van der Waals surface area contributed by atoms with E-state index in [0.29, 0.717) is 18.7 Å². The third-order valence-electron chi connectivity index (χ3n) is 5.44. The van der Waals surface area contributed by atoms with Crippen LogP contribution in [0.25, 0.3) is 0 Å². The number of benzene rings is 3. The van der Waals surface area contributed by atoms with Crippen LogP contribution in [-0.2, 0) is 32.5 Å². The molecule has 3 aromatic carbocycles. The summed E-state index contributed by atoms with van der Waals surface area (Å²) in [6, 6.07) is 20.7. The molecule has 1 amide bonds. The number of nitrogens with one attached hydrogen (secondary N) is 1. The van der Waals surface area contributed by atoms with Gasteiger partial charge in [0, 0.05) is 18.8 Å². The number of amides is 1. The lowest BCUT2D eigenvalue weighted by atomic mass is 10.0. The maximum atomic E-state index is 13.2. The molecular formula is C25H24N2O5S. The molecule has 170 valence electrons. The number of hydrogen-bond donors (Lipinski definition) is 1. The smallest absolute Gasteiger partial charge is 0.338 e. The van der Waals surface area contributed by atoms with Gasteiger partial charge in [-0.15, -0.1) is 0 Å². The van der Waals surface area contributed by atoms with Crippen LogP contribution in [0.5, 0.6) is 0 Å². The summed E-state index contributed by atoms with van der Waals surface area (Å²) in [5, 5.41) is 2.66. The van der Waals surface area contributed by atoms with Gasteiger partial charge in [0.1, 0.15) is 0 Å². The number of aryl methyl sites for hydroxylation is 1. The summed E-state index contributed by atoms with van der Waals surface area (Å²) in [7, 11) is -3.79. The first kappa shape index (κ1) is 22.7. The second-order valence-electron chi connectivity index (χ2n) is 7.88. The lowest BCUT2D eigenvalue weighted by Gasteiger charge is -2.28. The largest absolute Gasteiger partial charge is 0.452 e. The first-order chi connectivity index (χ1) is 15.8. The number of ether oxygens (including phenoxy) is 1. The van der Waals surface area contributed by atoms with Crippen LogP contribution < -0.4 is 5.32 Å². The molecule has 3 aromatic rings. The Morgan fingerprint density at radius 1 is 0.970 bits per heavy atom. The second-order valence-corrected chi connectivity index (χ2v) is 9.82. The van der Waals surface area contributed by atoms with E-state index in [1.165, 1.54) is 28.6 Å². The number of carbonyl (C=O) groups is 2. The van der Waals surface area contributed by atoms with E-state index < -0.39 is 28.5 Å². The summed E-state index contributed by atoms with van der Waals surface area (Å²) in [4.78, 5) is 24.6. The summed E-state index contributed by atoms with van der Waals surface area (Å²) in [5.41, 5.74) is 3.77. The van der Waals surface area contributed by atoms with Crippen molar-refractivity contribution in [3.05, 3.63) is 95.1 Å². The molecule has 0 radical (unpaired) electrons. The normalized spacial score (nSPS) is 13.7. The van der Waals surface area contributed by atoms with E-state index in [-0.39, 0.29) is 17.0 Å². The lowest BCUT2D eigenvalue weighted by Crippen LogP contribution is -2.36. The number of hydrogen-bond acceptors (Lipinski definition) is 5. The van der Waals surface area contributed by atoms with Gasteiger partial charge in [-0.2, -0.15) is 4.31 Å². The molecule has 0 aliphatic carbocycles. The number of esters is 1. The predicted molar refractivity (Wildman–Crippen MR) is 124 cm³/mol. The summed E-state index contributed by atoms with van der Waals surface area (Å²) in [6.45, 7) is 2.07. The molecule has 7 nitrogen and oxygen atoms in total. The fourth-order valence-corrected chi connectivity index (χ4v) is 5.21. The van der Waals surface area contributed by atoms with Crippen molar-refractivity contribution in [2.75, 3.05) is 18.5 Å². The highest BCUT2D eigenvalue weighted by Crippen LogP contribution is 2.25. The van der Waals surface area contributed by atoms with Gasteiger partial charge in [0.15, 0.2) is 6.61 Å². The molecule has 8 heteroatoms. The lowest BCUT2D eigenvalue weighted by molar-refractivity contribution is -0.119. The van der Waals surface area contributed by atoms with Gasteiger partial charge in [0.2, 0.25) is 10.0 Å². The molecule has 0 spiro atoms. The fourth-order valence-electron chi connectivity index (χ4n) is 3.74. The van der Waals surface area contributed by atoms with Crippen LogP contribution in [0.4, 0.5) is 5.69 Å². The van der Waals surface area contributed by atoms with Crippen LogP contribution in [0, 0.1) is 6.92 Å². The fraction of sp³-hybridized carbons (Fsp3) is 0.200. The Bertz CT molecular complexity index is 1300. The molecular weight excluding hydrogens is 440 g/mol. The maximum Gasteiger partial charge on any atom is 0.338 e. The highest BCUT2D eigenvalue weighted by molar-refractivity contribution is 7.89. The third kappa shape index (κ3) is 5.30. The molecule has 0 atom stereocenters. The minimum atomic E-state index is -3.79. The molecule has 0 saturated heterocycles. The highest BCUT2D eigenvalue weighted by Gasteiger charge is 2.28. The number of rotatable bonds is 6. The van der Waals surface area contributed by atoms with E-state index in [1.807, 2.05) is 43.3 Å². The van der Waals surface area contributed by atoms with E-state index in [0.717, 1.165) is 16.7 Å². The van der Waals surface area contributed by atoms with Crippen LogP contribution in [0.2, 0.25) is 0 Å². The molecule has 4 rings (SSSR count). The van der Waals surface area contributed by atoms with Crippen molar-refractivity contribution in [1.82, 2.24) is 4.31 Å². The van der Waals surface area contributed by atoms with Crippen LogP contribution in [-0.4, -0.2) is 37.8 Å². The zero-order valence-electron chi connectivity index (χ0n) is 18.2. The molecule has 1 aliphatic heterocycles. The first-order valence-electron chi connectivity index (χ1n) is 10.5. The zero-order chi connectivity index (χ0) is 23.4. The van der Waals surface area contributed by atoms with E-state index >= 15 is 0 Å². The molecule has 0 saturated carbocycles. The summed E-state index contributed by atoms with van der Waals surface area (Å²) in [6.07, 6.45) is 0.632. The van der Waals surface area contributed by atoms with E-state index in [2.05, 4.69) is 5.32 Å². The minimum absolute atomic E-state index is 0.0144. The van der Waals surface area contributed by atoms with E-state index in [9.17, 15) is 18.0 Å². The third-order valence-corrected chi connectivity index (χ3v) is 7.28. The van der Waals surface area contributed by atoms with Crippen molar-refractivity contribution in [3.63, 3.8) is 0 Å². The second kappa shape index (κ2) is 9.56. The average Bonchev–Trinajstić information content (AvgIpc) is 2.82. The molecule has 0 unspecified atom stereocenters. The van der Waals surface area contributed by atoms with Crippen LogP contribution >= 0.6 is 0 Å². The standard InChI is InChI=1S/C25H24N2O5S/c1-18-6-4-10-22(14-18)26-24(28)17-32-25(29)20-9-5-11-23(15-20)33(30,31)27-13-12-19-7-2-3-8-21(19)16-27/h2-11,14-15H,12-13,16-17H2,1H3,(H,26,28). The van der Waals surface area contributed by atoms with Crippen LogP contribution in [0.15, 0.2) is 77.7 Å². The van der Waals surface area contributed by atoms with Crippen molar-refractivity contribution in [2.24, 2.45) is 0 Å². The predicted octanol–water partition coefficient (Wildman–Crippen LogP) is 3.54. The van der Waals surface area contributed by atoms with Gasteiger partial charge in [0.25, 0.3) is 5.91 Å². The van der Waals surface area contributed by atoms with Gasteiger partial charge in [-0.05, 0) is 60.4 Å². The summed E-state index contributed by atoms with van der Waals surface area (Å²) < 4.78 is 32.9. The van der Waals surface area contributed by atoms with Crippen molar-refractivity contribution in [3.8, 4) is 0 Å². The highest BCUT2D eigenvalue weighted by atomic mass is 32.2. The Morgan fingerprint density at radius 2 is 1.73 bits per heavy atom. The van der Waals surface area contributed by atoms with Gasteiger partial charge >= 0.3 is 5.97 Å². The molecule has 0 fully saturated rings. The van der Waals surface area contributed by atoms with Crippen LogP contribution in [0.1, 0.15) is 27.0 Å². The monoisotopic (exact) mass is 464 g/mol. The summed E-state index contributed by atoms with van der Waals surface area (Å²) >= 11 is 0. The Kier molecular flexibility index (Phi) is 6.57. The van der Waals surface area contributed by atoms with Gasteiger partial charge in [-0.3, -0.25) is 4.79 Å². The van der Waals surface area contributed by atoms with Gasteiger partial charge < -0.3 is 10.1 Å². The van der Waals surface area contributed by atoms with Gasteiger partial charge in [-0.1, -0.05) is 42.5 Å². The SMILES string of the molecule is Cc1cccc(NC(=O)COC(=O)c2cccc(S(=O)(=O)N3CCc4ccccc4C3)c2)c1. The van der Waals surface area contributed by atoms with Crippen molar-refractivity contribution >= 4 is 27.6 Å². The number of fused-ring (bicyclic) bond motifs is 1. The minimum Gasteiger partial charge on any atom is -0.452 e. The van der Waals surface area contributed by atoms with Crippen LogP contribution in [0.3, 0.4) is 0 Å². The zero-order valence-corrected chi connectivity index (χ0v) is 19.0. The Hall–Kier alpha value is -3.49. The number of anilines is 1. The first-order valence-corrected chi connectivity index (χ1v) is 12.0. The van der Waals surface area contributed by atoms with Crippen molar-refractivity contribution < 1.29 is 22.7 Å². The Balaban J connectivity index is 1.41. The quantitative estimate of drug-likeness (QED) is 0.564. The average molecular weight is 465 g/mol. The van der Waals surface area contributed by atoms with Crippen molar-refractivity contribution in [1.29, 1.82) is 0 Å². The van der Waals surface area contributed by atoms with Crippen molar-refractivity contribution in [2.45, 2.75) is 24.8 Å². The molecule has 0 bridgehead atoms. The summed E-state index contributed by atoms with van der Waals surface area (Å²) in [5.74, 6) is -1.25. The molecule has 1 N–H and O–H groups in total. The molecule has 0 aromatic heterocycles. The Labute approximate surface area is 193 Å². The van der Waals surface area contributed by atoms with Gasteiger partial charge in [-0.25, -0.2) is 13.2 Å². The maximum absolute atomic E-state index is 13.2. The Morgan fingerprint density at radius 3 is 2.52 bits per heavy atom. The topological polar surface area (TPSA) is 92.8 Å². The molecule has 33 heavy (non-hydrogen) atoms. The molecule has 1 heterocycles. The number of sulfonamides is 1. The number of nitrogens with zero attached hydrogens (tertiary/aromatic N) is 1.